The fraction of sp³-hybridized carbons (Fsp3) is 0.417. The van der Waals surface area contributed by atoms with Gasteiger partial charge in [0.05, 0.1) is 0 Å². The van der Waals surface area contributed by atoms with Crippen LogP contribution >= 0.6 is 0 Å². The highest BCUT2D eigenvalue weighted by Crippen LogP contribution is 2.79. The predicted octanol–water partition coefficient (Wildman–Crippen LogP) is 4.20. The highest BCUT2D eigenvalue weighted by molar-refractivity contribution is 5.42. The SMILES string of the molecule is C#C[C@@]1(O)[C@H]2[C@@H](c3ccccc3)N(C)[C@H](c3ccccc3)[C@]23CCC[C@@H]13. The van der Waals surface area contributed by atoms with Crippen molar-refractivity contribution in [1.82, 2.24) is 4.90 Å². The molecule has 0 bridgehead atoms. The maximum atomic E-state index is 11.5. The molecule has 1 heterocycles. The van der Waals surface area contributed by atoms with E-state index >= 15 is 0 Å². The Kier molecular flexibility index (Phi) is 3.38. The molecule has 0 unspecified atom stereocenters. The monoisotopic (exact) mass is 343 g/mol. The highest BCUT2D eigenvalue weighted by Gasteiger charge is 2.79. The van der Waals surface area contributed by atoms with Gasteiger partial charge in [0.25, 0.3) is 0 Å². The number of terminal acetylenes is 1. The van der Waals surface area contributed by atoms with Crippen LogP contribution < -0.4 is 0 Å². The van der Waals surface area contributed by atoms with Crippen LogP contribution in [-0.4, -0.2) is 22.7 Å². The van der Waals surface area contributed by atoms with E-state index in [1.54, 1.807) is 0 Å². The van der Waals surface area contributed by atoms with Gasteiger partial charge in [0.2, 0.25) is 0 Å². The topological polar surface area (TPSA) is 23.5 Å². The molecule has 0 aromatic heterocycles. The lowest BCUT2D eigenvalue weighted by Gasteiger charge is -2.61. The van der Waals surface area contributed by atoms with Gasteiger partial charge in [-0.2, -0.15) is 0 Å². The Morgan fingerprint density at radius 2 is 1.65 bits per heavy atom. The zero-order valence-corrected chi connectivity index (χ0v) is 15.2. The summed E-state index contributed by atoms with van der Waals surface area (Å²) in [5.74, 6) is 3.13. The van der Waals surface area contributed by atoms with Crippen LogP contribution in [-0.2, 0) is 0 Å². The summed E-state index contributed by atoms with van der Waals surface area (Å²) in [6.45, 7) is 0. The lowest BCUT2D eigenvalue weighted by atomic mass is 9.43. The summed E-state index contributed by atoms with van der Waals surface area (Å²) >= 11 is 0. The van der Waals surface area contributed by atoms with Gasteiger partial charge >= 0.3 is 0 Å². The van der Waals surface area contributed by atoms with Crippen molar-refractivity contribution in [2.75, 3.05) is 7.05 Å². The van der Waals surface area contributed by atoms with Crippen molar-refractivity contribution in [3.63, 3.8) is 0 Å². The molecule has 2 aliphatic carbocycles. The summed E-state index contributed by atoms with van der Waals surface area (Å²) in [6.07, 6.45) is 9.27. The molecule has 3 aliphatic rings. The minimum atomic E-state index is -0.991. The lowest BCUT2D eigenvalue weighted by molar-refractivity contribution is -0.199. The maximum absolute atomic E-state index is 11.5. The second-order valence-electron chi connectivity index (χ2n) is 8.34. The molecule has 2 heteroatoms. The van der Waals surface area contributed by atoms with Crippen LogP contribution in [0.15, 0.2) is 60.7 Å². The molecule has 2 aromatic carbocycles. The Labute approximate surface area is 155 Å². The molecule has 2 saturated carbocycles. The van der Waals surface area contributed by atoms with Crippen LogP contribution in [0.2, 0.25) is 0 Å². The third kappa shape index (κ3) is 1.76. The van der Waals surface area contributed by atoms with E-state index in [2.05, 4.69) is 78.5 Å². The third-order valence-electron chi connectivity index (χ3n) is 7.49. The Bertz CT molecular complexity index is 857. The van der Waals surface area contributed by atoms with Crippen LogP contribution in [0.3, 0.4) is 0 Å². The summed E-state index contributed by atoms with van der Waals surface area (Å²) < 4.78 is 0. The quantitative estimate of drug-likeness (QED) is 0.826. The molecule has 1 saturated heterocycles. The predicted molar refractivity (Wildman–Crippen MR) is 103 cm³/mol. The molecule has 1 spiro atoms. The van der Waals surface area contributed by atoms with Crippen molar-refractivity contribution >= 4 is 0 Å². The van der Waals surface area contributed by atoms with Gasteiger partial charge in [-0.1, -0.05) is 73.0 Å². The minimum absolute atomic E-state index is 0.0811. The number of benzene rings is 2. The van der Waals surface area contributed by atoms with Crippen molar-refractivity contribution in [2.45, 2.75) is 36.9 Å². The number of likely N-dealkylation sites (tertiary alicyclic amines) is 1. The standard InChI is InChI=1S/C24H25NO/c1-3-24(26)19-15-10-16-23(19)21(24)20(17-11-6-4-7-12-17)25(2)22(23)18-13-8-5-9-14-18/h1,4-9,11-14,19-22,26H,10,15-16H2,2H3/t19-,20-,21+,22-,23+,24+/m1/s1. The molecule has 3 fully saturated rings. The number of aliphatic hydroxyl groups is 1. The Morgan fingerprint density at radius 1 is 1.04 bits per heavy atom. The molecule has 132 valence electrons. The van der Waals surface area contributed by atoms with Gasteiger partial charge in [-0.15, -0.1) is 6.42 Å². The van der Waals surface area contributed by atoms with E-state index in [-0.39, 0.29) is 23.3 Å². The maximum Gasteiger partial charge on any atom is 0.133 e. The molecule has 2 nitrogen and oxygen atoms in total. The second kappa shape index (κ2) is 5.46. The molecule has 5 rings (SSSR count). The molecular weight excluding hydrogens is 318 g/mol. The van der Waals surface area contributed by atoms with Gasteiger partial charge < -0.3 is 5.11 Å². The molecular formula is C24H25NO. The van der Waals surface area contributed by atoms with E-state index in [1.807, 2.05) is 0 Å². The Morgan fingerprint density at radius 3 is 2.27 bits per heavy atom. The van der Waals surface area contributed by atoms with E-state index in [1.165, 1.54) is 11.1 Å². The number of nitrogens with zero attached hydrogens (tertiary/aromatic N) is 1. The van der Waals surface area contributed by atoms with Gasteiger partial charge in [0.1, 0.15) is 5.60 Å². The van der Waals surface area contributed by atoms with E-state index in [4.69, 9.17) is 6.42 Å². The largest absolute Gasteiger partial charge is 0.377 e. The van der Waals surface area contributed by atoms with Crippen LogP contribution in [0.1, 0.15) is 42.5 Å². The zero-order chi connectivity index (χ0) is 17.9. The number of hydrogen-bond donors (Lipinski definition) is 1. The normalized spacial score (nSPS) is 41.1. The number of rotatable bonds is 2. The first kappa shape index (κ1) is 16.1. The summed E-state index contributed by atoms with van der Waals surface area (Å²) in [5, 5.41) is 11.5. The molecule has 26 heavy (non-hydrogen) atoms. The van der Waals surface area contributed by atoms with Crippen LogP contribution in [0, 0.1) is 29.6 Å². The number of hydrogen-bond acceptors (Lipinski definition) is 2. The average molecular weight is 343 g/mol. The van der Waals surface area contributed by atoms with Crippen molar-refractivity contribution in [2.24, 2.45) is 17.3 Å². The van der Waals surface area contributed by atoms with Crippen LogP contribution in [0.5, 0.6) is 0 Å². The first-order chi connectivity index (χ1) is 12.6. The minimum Gasteiger partial charge on any atom is -0.377 e. The van der Waals surface area contributed by atoms with E-state index < -0.39 is 5.60 Å². The van der Waals surface area contributed by atoms with E-state index in [0.29, 0.717) is 6.04 Å². The summed E-state index contributed by atoms with van der Waals surface area (Å²) in [5.41, 5.74) is 1.70. The van der Waals surface area contributed by atoms with Crippen molar-refractivity contribution in [1.29, 1.82) is 0 Å². The van der Waals surface area contributed by atoms with Gasteiger partial charge in [0.15, 0.2) is 0 Å². The molecule has 6 atom stereocenters. The molecule has 1 N–H and O–H groups in total. The third-order valence-corrected chi connectivity index (χ3v) is 7.49. The van der Waals surface area contributed by atoms with Gasteiger partial charge in [0, 0.05) is 29.3 Å². The van der Waals surface area contributed by atoms with Gasteiger partial charge in [-0.05, 0) is 31.0 Å². The smallest absolute Gasteiger partial charge is 0.133 e. The van der Waals surface area contributed by atoms with E-state index in [9.17, 15) is 5.11 Å². The molecule has 0 radical (unpaired) electrons. The van der Waals surface area contributed by atoms with Crippen molar-refractivity contribution < 1.29 is 5.11 Å². The Balaban J connectivity index is 1.71. The second-order valence-corrected chi connectivity index (χ2v) is 8.34. The molecule has 2 aromatic rings. The lowest BCUT2D eigenvalue weighted by Crippen LogP contribution is -2.66. The van der Waals surface area contributed by atoms with Gasteiger partial charge in [-0.25, -0.2) is 0 Å². The van der Waals surface area contributed by atoms with Crippen molar-refractivity contribution in [3.8, 4) is 12.3 Å². The first-order valence-electron chi connectivity index (χ1n) is 9.66. The summed E-state index contributed by atoms with van der Waals surface area (Å²) in [6, 6.07) is 21.9. The van der Waals surface area contributed by atoms with Gasteiger partial charge in [-0.3, -0.25) is 4.90 Å². The fourth-order valence-electron chi connectivity index (χ4n) is 6.84. The summed E-state index contributed by atoms with van der Waals surface area (Å²) in [7, 11) is 2.22. The van der Waals surface area contributed by atoms with Crippen LogP contribution in [0.4, 0.5) is 0 Å². The highest BCUT2D eigenvalue weighted by atomic mass is 16.3. The van der Waals surface area contributed by atoms with Crippen LogP contribution in [0.25, 0.3) is 0 Å². The average Bonchev–Trinajstić information content (AvgIpc) is 3.19. The zero-order valence-electron chi connectivity index (χ0n) is 15.2. The fourth-order valence-corrected chi connectivity index (χ4v) is 6.84. The summed E-state index contributed by atoms with van der Waals surface area (Å²) in [4.78, 5) is 2.49. The molecule has 0 amide bonds. The Hall–Kier alpha value is -2.08. The van der Waals surface area contributed by atoms with E-state index in [0.717, 1.165) is 19.3 Å². The molecule has 1 aliphatic heterocycles. The first-order valence-corrected chi connectivity index (χ1v) is 9.66. The van der Waals surface area contributed by atoms with Crippen molar-refractivity contribution in [3.05, 3.63) is 71.8 Å².